The third kappa shape index (κ3) is 2.63. The molecule has 3 aromatic rings. The number of hydrogen-bond donors (Lipinski definition) is 1. The summed E-state index contributed by atoms with van der Waals surface area (Å²) >= 11 is 0. The molecular formula is C18H18N6O2. The molecular weight excluding hydrogens is 332 g/mol. The number of imidazole rings is 1. The van der Waals surface area contributed by atoms with Gasteiger partial charge in [0.2, 0.25) is 0 Å². The molecule has 0 spiro atoms. The van der Waals surface area contributed by atoms with Gasteiger partial charge < -0.3 is 19.5 Å². The SMILES string of the molecule is CN1C(=O)COc2cc(Nc3cnc4ncn(CC5CC5)c4n3)ccc21. The fourth-order valence-electron chi connectivity index (χ4n) is 3.11. The van der Waals surface area contributed by atoms with Crippen LogP contribution in [0, 0.1) is 5.92 Å². The summed E-state index contributed by atoms with van der Waals surface area (Å²) in [6.07, 6.45) is 6.04. The number of nitrogens with zero attached hydrogens (tertiary/aromatic N) is 5. The maximum atomic E-state index is 11.7. The number of fused-ring (bicyclic) bond motifs is 2. The number of likely N-dealkylation sites (N-methyl/N-ethyl adjacent to an activating group) is 1. The van der Waals surface area contributed by atoms with Crippen molar-refractivity contribution in [2.24, 2.45) is 5.92 Å². The smallest absolute Gasteiger partial charge is 0.264 e. The van der Waals surface area contributed by atoms with Crippen LogP contribution < -0.4 is 15.0 Å². The highest BCUT2D eigenvalue weighted by Crippen LogP contribution is 2.34. The first-order valence-corrected chi connectivity index (χ1v) is 8.66. The molecule has 0 saturated heterocycles. The number of carbonyl (C=O) groups excluding carboxylic acids is 1. The molecule has 1 aliphatic carbocycles. The summed E-state index contributed by atoms with van der Waals surface area (Å²) in [7, 11) is 1.75. The van der Waals surface area contributed by atoms with Gasteiger partial charge in [0.15, 0.2) is 23.7 Å². The van der Waals surface area contributed by atoms with Crippen LogP contribution in [-0.4, -0.2) is 39.1 Å². The second kappa shape index (κ2) is 5.69. The molecule has 1 N–H and O–H groups in total. The van der Waals surface area contributed by atoms with E-state index in [-0.39, 0.29) is 12.5 Å². The van der Waals surface area contributed by atoms with Crippen molar-refractivity contribution in [1.29, 1.82) is 0 Å². The number of benzene rings is 1. The van der Waals surface area contributed by atoms with Crippen LogP contribution in [0.2, 0.25) is 0 Å². The lowest BCUT2D eigenvalue weighted by Crippen LogP contribution is -2.35. The van der Waals surface area contributed by atoms with Crippen molar-refractivity contribution < 1.29 is 9.53 Å². The zero-order chi connectivity index (χ0) is 17.7. The Morgan fingerprint density at radius 2 is 2.19 bits per heavy atom. The Balaban J connectivity index is 1.43. The van der Waals surface area contributed by atoms with Crippen molar-refractivity contribution in [1.82, 2.24) is 19.5 Å². The topological polar surface area (TPSA) is 85.2 Å². The van der Waals surface area contributed by atoms with Crippen molar-refractivity contribution >= 4 is 34.4 Å². The van der Waals surface area contributed by atoms with Crippen LogP contribution in [0.25, 0.3) is 11.3 Å². The van der Waals surface area contributed by atoms with Gasteiger partial charge in [-0.05, 0) is 30.9 Å². The second-order valence-electron chi connectivity index (χ2n) is 6.79. The molecule has 1 saturated carbocycles. The van der Waals surface area contributed by atoms with Crippen LogP contribution in [0.5, 0.6) is 5.75 Å². The summed E-state index contributed by atoms with van der Waals surface area (Å²) in [4.78, 5) is 26.7. The lowest BCUT2D eigenvalue weighted by molar-refractivity contribution is -0.120. The van der Waals surface area contributed by atoms with Crippen molar-refractivity contribution in [2.45, 2.75) is 19.4 Å². The number of amides is 1. The molecule has 0 bridgehead atoms. The van der Waals surface area contributed by atoms with Crippen LogP contribution >= 0.6 is 0 Å². The van der Waals surface area contributed by atoms with Crippen molar-refractivity contribution in [3.05, 3.63) is 30.7 Å². The van der Waals surface area contributed by atoms with Gasteiger partial charge in [-0.3, -0.25) is 4.79 Å². The van der Waals surface area contributed by atoms with Gasteiger partial charge in [-0.1, -0.05) is 0 Å². The summed E-state index contributed by atoms with van der Waals surface area (Å²) < 4.78 is 7.60. The summed E-state index contributed by atoms with van der Waals surface area (Å²) in [5, 5.41) is 3.26. The molecule has 5 rings (SSSR count). The number of anilines is 3. The van der Waals surface area contributed by atoms with Crippen LogP contribution in [0.15, 0.2) is 30.7 Å². The van der Waals surface area contributed by atoms with E-state index in [9.17, 15) is 4.79 Å². The van der Waals surface area contributed by atoms with Crippen molar-refractivity contribution in [3.8, 4) is 5.75 Å². The van der Waals surface area contributed by atoms with Gasteiger partial charge in [-0.25, -0.2) is 15.0 Å². The third-order valence-electron chi connectivity index (χ3n) is 4.80. The zero-order valence-electron chi connectivity index (χ0n) is 14.3. The minimum absolute atomic E-state index is 0.0546. The standard InChI is InChI=1S/C18H18N6O2/c1-23-13-5-4-12(6-14(13)26-9-16(23)25)21-15-7-19-17-18(22-15)24(10-20-17)8-11-2-3-11/h4-7,10-11H,2-3,8-9H2,1H3,(H,21,22). The first-order valence-electron chi connectivity index (χ1n) is 8.66. The number of rotatable bonds is 4. The number of ether oxygens (including phenoxy) is 1. The highest BCUT2D eigenvalue weighted by atomic mass is 16.5. The minimum Gasteiger partial charge on any atom is -0.481 e. The highest BCUT2D eigenvalue weighted by Gasteiger charge is 2.24. The van der Waals surface area contributed by atoms with E-state index in [4.69, 9.17) is 4.74 Å². The third-order valence-corrected chi connectivity index (χ3v) is 4.80. The summed E-state index contributed by atoms with van der Waals surface area (Å²) in [5.74, 6) is 2.00. The van der Waals surface area contributed by atoms with E-state index in [0.29, 0.717) is 17.2 Å². The molecule has 0 radical (unpaired) electrons. The van der Waals surface area contributed by atoms with E-state index >= 15 is 0 Å². The average molecular weight is 350 g/mol. The zero-order valence-corrected chi connectivity index (χ0v) is 14.3. The lowest BCUT2D eigenvalue weighted by Gasteiger charge is -2.26. The molecule has 26 heavy (non-hydrogen) atoms. The van der Waals surface area contributed by atoms with Gasteiger partial charge in [-0.15, -0.1) is 0 Å². The van der Waals surface area contributed by atoms with E-state index in [1.807, 2.05) is 24.5 Å². The maximum Gasteiger partial charge on any atom is 0.264 e. The highest BCUT2D eigenvalue weighted by molar-refractivity contribution is 5.97. The largest absolute Gasteiger partial charge is 0.481 e. The fraction of sp³-hybridized carbons (Fsp3) is 0.333. The fourth-order valence-corrected chi connectivity index (χ4v) is 3.11. The monoisotopic (exact) mass is 350 g/mol. The molecule has 2 aliphatic rings. The summed E-state index contributed by atoms with van der Waals surface area (Å²) in [6, 6.07) is 5.62. The van der Waals surface area contributed by atoms with Gasteiger partial charge in [0, 0.05) is 25.3 Å². The predicted octanol–water partition coefficient (Wildman–Crippen LogP) is 2.34. The number of aromatic nitrogens is 4. The Kier molecular flexibility index (Phi) is 3.31. The summed E-state index contributed by atoms with van der Waals surface area (Å²) in [5.41, 5.74) is 3.04. The molecule has 0 unspecified atom stereocenters. The molecule has 1 aromatic carbocycles. The molecule has 3 heterocycles. The van der Waals surface area contributed by atoms with E-state index in [0.717, 1.165) is 29.5 Å². The molecule has 1 amide bonds. The van der Waals surface area contributed by atoms with Crippen LogP contribution in [0.4, 0.5) is 17.2 Å². The molecule has 1 aliphatic heterocycles. The minimum atomic E-state index is -0.0570. The quantitative estimate of drug-likeness (QED) is 0.777. The molecule has 8 heteroatoms. The molecule has 0 atom stereocenters. The molecule has 8 nitrogen and oxygen atoms in total. The number of carbonyl (C=O) groups is 1. The first kappa shape index (κ1) is 15.1. The van der Waals surface area contributed by atoms with Gasteiger partial charge in [0.1, 0.15) is 5.75 Å². The Bertz CT molecular complexity index is 1010. The average Bonchev–Trinajstić information content (AvgIpc) is 3.38. The van der Waals surface area contributed by atoms with Gasteiger partial charge in [-0.2, -0.15) is 0 Å². The summed E-state index contributed by atoms with van der Waals surface area (Å²) in [6.45, 7) is 1.00. The molecule has 132 valence electrons. The molecule has 1 fully saturated rings. The number of nitrogens with one attached hydrogen (secondary N) is 1. The van der Waals surface area contributed by atoms with Gasteiger partial charge >= 0.3 is 0 Å². The Hall–Kier alpha value is -3.16. The first-order chi connectivity index (χ1) is 12.7. The van der Waals surface area contributed by atoms with E-state index in [1.54, 1.807) is 18.1 Å². The lowest BCUT2D eigenvalue weighted by atomic mass is 10.2. The van der Waals surface area contributed by atoms with E-state index in [2.05, 4.69) is 24.8 Å². The second-order valence-corrected chi connectivity index (χ2v) is 6.79. The Labute approximate surface area is 149 Å². The van der Waals surface area contributed by atoms with Crippen LogP contribution in [0.1, 0.15) is 12.8 Å². The normalized spacial score (nSPS) is 16.5. The van der Waals surface area contributed by atoms with Gasteiger partial charge in [0.25, 0.3) is 5.91 Å². The Morgan fingerprint density at radius 3 is 3.04 bits per heavy atom. The van der Waals surface area contributed by atoms with E-state index in [1.165, 1.54) is 12.8 Å². The predicted molar refractivity (Wildman–Crippen MR) is 96.7 cm³/mol. The van der Waals surface area contributed by atoms with Gasteiger partial charge in [0.05, 0.1) is 18.2 Å². The van der Waals surface area contributed by atoms with Crippen molar-refractivity contribution in [2.75, 3.05) is 23.9 Å². The Morgan fingerprint density at radius 1 is 1.31 bits per heavy atom. The van der Waals surface area contributed by atoms with E-state index < -0.39 is 0 Å². The van der Waals surface area contributed by atoms with Crippen molar-refractivity contribution in [3.63, 3.8) is 0 Å². The van der Waals surface area contributed by atoms with Crippen LogP contribution in [0.3, 0.4) is 0 Å². The van der Waals surface area contributed by atoms with Crippen LogP contribution in [-0.2, 0) is 11.3 Å². The maximum absolute atomic E-state index is 11.7. The number of hydrogen-bond acceptors (Lipinski definition) is 6. The molecule has 2 aromatic heterocycles.